The van der Waals surface area contributed by atoms with Gasteiger partial charge in [0.05, 0.1) is 6.10 Å². The molecule has 30 heavy (non-hydrogen) atoms. The second-order valence-electron chi connectivity index (χ2n) is 8.06. The molecule has 2 aromatic rings. The van der Waals surface area contributed by atoms with E-state index in [4.69, 9.17) is 14.5 Å². The highest BCUT2D eigenvalue weighted by Crippen LogP contribution is 2.34. The predicted molar refractivity (Wildman–Crippen MR) is 121 cm³/mol. The fourth-order valence-electron chi connectivity index (χ4n) is 4.34. The molecule has 0 amide bonds. The smallest absolute Gasteiger partial charge is 0.193 e. The van der Waals surface area contributed by atoms with E-state index >= 15 is 0 Å². The molecule has 2 aliphatic rings. The summed E-state index contributed by atoms with van der Waals surface area (Å²) in [6, 6.07) is 20.7. The molecule has 1 N–H and O–H groups in total. The van der Waals surface area contributed by atoms with Gasteiger partial charge in [0.15, 0.2) is 5.96 Å². The molecule has 0 aliphatic carbocycles. The first kappa shape index (κ1) is 20.7. The number of para-hydroxylation sites is 1. The van der Waals surface area contributed by atoms with Crippen molar-refractivity contribution in [2.75, 3.05) is 32.8 Å². The van der Waals surface area contributed by atoms with E-state index in [0.717, 1.165) is 63.8 Å². The van der Waals surface area contributed by atoms with Gasteiger partial charge in [-0.3, -0.25) is 4.99 Å². The van der Waals surface area contributed by atoms with Crippen molar-refractivity contribution >= 4 is 5.96 Å². The minimum Gasteiger partial charge on any atom is -0.490 e. The van der Waals surface area contributed by atoms with Crippen LogP contribution in [0.25, 0.3) is 0 Å². The van der Waals surface area contributed by atoms with Crippen LogP contribution in [0, 0.1) is 5.92 Å². The molecule has 4 rings (SSSR count). The van der Waals surface area contributed by atoms with E-state index in [1.54, 1.807) is 0 Å². The maximum absolute atomic E-state index is 6.14. The van der Waals surface area contributed by atoms with Gasteiger partial charge in [0.2, 0.25) is 0 Å². The molecule has 5 heteroatoms. The second-order valence-corrected chi connectivity index (χ2v) is 8.06. The summed E-state index contributed by atoms with van der Waals surface area (Å²) in [5.74, 6) is 2.42. The van der Waals surface area contributed by atoms with Crippen LogP contribution < -0.4 is 10.1 Å². The Morgan fingerprint density at radius 3 is 2.43 bits per heavy atom. The van der Waals surface area contributed by atoms with Gasteiger partial charge in [0.1, 0.15) is 11.9 Å². The summed E-state index contributed by atoms with van der Waals surface area (Å²) in [7, 11) is 0. The fourth-order valence-corrected chi connectivity index (χ4v) is 4.34. The van der Waals surface area contributed by atoms with Crippen LogP contribution in [-0.2, 0) is 4.74 Å². The number of likely N-dealkylation sites (tertiary alicyclic amines) is 1. The molecule has 2 unspecified atom stereocenters. The Balaban J connectivity index is 1.34. The molecule has 0 saturated carbocycles. The van der Waals surface area contributed by atoms with Crippen molar-refractivity contribution in [3.63, 3.8) is 0 Å². The lowest BCUT2D eigenvalue weighted by molar-refractivity contribution is 0.0924. The Bertz CT molecular complexity index is 789. The number of nitrogens with zero attached hydrogens (tertiary/aromatic N) is 2. The average molecular weight is 408 g/mol. The topological polar surface area (TPSA) is 46.1 Å². The molecule has 2 aliphatic heterocycles. The zero-order valence-electron chi connectivity index (χ0n) is 17.9. The third-order valence-electron chi connectivity index (χ3n) is 5.94. The van der Waals surface area contributed by atoms with Crippen molar-refractivity contribution in [1.29, 1.82) is 0 Å². The third kappa shape index (κ3) is 5.33. The number of ether oxygens (including phenoxy) is 2. The first-order valence-corrected chi connectivity index (χ1v) is 11.2. The normalized spacial score (nSPS) is 22.8. The van der Waals surface area contributed by atoms with Gasteiger partial charge >= 0.3 is 0 Å². The number of aliphatic imine (C=N–C) groups is 1. The SMILES string of the molecule is CCNC(=NCC1CCOC1c1ccccc1)N1CCC(Oc2ccccc2)CC1. The van der Waals surface area contributed by atoms with Gasteiger partial charge in [0.25, 0.3) is 0 Å². The van der Waals surface area contributed by atoms with E-state index in [9.17, 15) is 0 Å². The fraction of sp³-hybridized carbons (Fsp3) is 0.480. The molecule has 2 aromatic carbocycles. The summed E-state index contributed by atoms with van der Waals surface area (Å²) < 4.78 is 12.2. The van der Waals surface area contributed by atoms with Crippen LogP contribution in [0.5, 0.6) is 5.75 Å². The van der Waals surface area contributed by atoms with Crippen LogP contribution in [0.15, 0.2) is 65.7 Å². The lowest BCUT2D eigenvalue weighted by Crippen LogP contribution is -2.47. The molecule has 2 heterocycles. The van der Waals surface area contributed by atoms with Gasteiger partial charge in [-0.2, -0.15) is 0 Å². The van der Waals surface area contributed by atoms with Gasteiger partial charge < -0.3 is 19.7 Å². The van der Waals surface area contributed by atoms with Crippen molar-refractivity contribution in [3.05, 3.63) is 66.2 Å². The van der Waals surface area contributed by atoms with Gasteiger partial charge in [-0.15, -0.1) is 0 Å². The molecule has 0 spiro atoms. The average Bonchev–Trinajstić information content (AvgIpc) is 3.27. The zero-order valence-corrected chi connectivity index (χ0v) is 17.9. The van der Waals surface area contributed by atoms with Gasteiger partial charge in [-0.1, -0.05) is 48.5 Å². The Kier molecular flexibility index (Phi) is 7.25. The molecule has 160 valence electrons. The first-order valence-electron chi connectivity index (χ1n) is 11.2. The number of nitrogens with one attached hydrogen (secondary N) is 1. The summed E-state index contributed by atoms with van der Waals surface area (Å²) >= 11 is 0. The maximum Gasteiger partial charge on any atom is 0.193 e. The molecule has 2 fully saturated rings. The van der Waals surface area contributed by atoms with Crippen LogP contribution in [0.4, 0.5) is 0 Å². The quantitative estimate of drug-likeness (QED) is 0.574. The Morgan fingerprint density at radius 2 is 1.73 bits per heavy atom. The molecule has 0 bridgehead atoms. The van der Waals surface area contributed by atoms with Gasteiger partial charge in [-0.25, -0.2) is 0 Å². The number of guanidine groups is 1. The summed E-state index contributed by atoms with van der Waals surface area (Å²) in [6.45, 7) is 6.55. The van der Waals surface area contributed by atoms with E-state index in [2.05, 4.69) is 47.5 Å². The minimum atomic E-state index is 0.155. The summed E-state index contributed by atoms with van der Waals surface area (Å²) in [6.07, 6.45) is 3.52. The van der Waals surface area contributed by atoms with Crippen molar-refractivity contribution < 1.29 is 9.47 Å². The van der Waals surface area contributed by atoms with Crippen LogP contribution >= 0.6 is 0 Å². The van der Waals surface area contributed by atoms with Crippen LogP contribution in [0.3, 0.4) is 0 Å². The largest absolute Gasteiger partial charge is 0.490 e. The number of rotatable bonds is 6. The number of hydrogen-bond donors (Lipinski definition) is 1. The first-order chi connectivity index (χ1) is 14.8. The summed E-state index contributed by atoms with van der Waals surface area (Å²) in [4.78, 5) is 7.39. The van der Waals surface area contributed by atoms with E-state index < -0.39 is 0 Å². The molecule has 0 aromatic heterocycles. The lowest BCUT2D eigenvalue weighted by Gasteiger charge is -2.34. The highest BCUT2D eigenvalue weighted by Gasteiger charge is 2.30. The van der Waals surface area contributed by atoms with Gasteiger partial charge in [0, 0.05) is 51.5 Å². The minimum absolute atomic E-state index is 0.155. The Morgan fingerprint density at radius 1 is 1.03 bits per heavy atom. The van der Waals surface area contributed by atoms with E-state index in [0.29, 0.717) is 5.92 Å². The third-order valence-corrected chi connectivity index (χ3v) is 5.94. The maximum atomic E-state index is 6.14. The summed E-state index contributed by atoms with van der Waals surface area (Å²) in [5, 5.41) is 3.49. The molecule has 5 nitrogen and oxygen atoms in total. The Hall–Kier alpha value is -2.53. The van der Waals surface area contributed by atoms with Crippen LogP contribution in [0.1, 0.15) is 37.9 Å². The second kappa shape index (κ2) is 10.5. The monoisotopic (exact) mass is 407 g/mol. The van der Waals surface area contributed by atoms with E-state index in [1.165, 1.54) is 5.56 Å². The molecular weight excluding hydrogens is 374 g/mol. The lowest BCUT2D eigenvalue weighted by atomic mass is 9.95. The number of hydrogen-bond acceptors (Lipinski definition) is 3. The van der Waals surface area contributed by atoms with E-state index in [1.807, 2.05) is 30.3 Å². The van der Waals surface area contributed by atoms with Gasteiger partial charge in [-0.05, 0) is 31.0 Å². The number of piperidine rings is 1. The van der Waals surface area contributed by atoms with E-state index in [-0.39, 0.29) is 12.2 Å². The number of benzene rings is 2. The highest BCUT2D eigenvalue weighted by atomic mass is 16.5. The predicted octanol–water partition coefficient (Wildman–Crippen LogP) is 4.27. The molecule has 0 radical (unpaired) electrons. The highest BCUT2D eigenvalue weighted by molar-refractivity contribution is 5.80. The molecule has 2 saturated heterocycles. The molecular formula is C25H33N3O2. The molecule has 2 atom stereocenters. The van der Waals surface area contributed by atoms with Crippen LogP contribution in [0.2, 0.25) is 0 Å². The van der Waals surface area contributed by atoms with Crippen molar-refractivity contribution in [2.24, 2.45) is 10.9 Å². The summed E-state index contributed by atoms with van der Waals surface area (Å²) in [5.41, 5.74) is 1.26. The zero-order chi connectivity index (χ0) is 20.6. The van der Waals surface area contributed by atoms with Crippen LogP contribution in [-0.4, -0.2) is 49.7 Å². The Labute approximate surface area is 180 Å². The van der Waals surface area contributed by atoms with Crippen molar-refractivity contribution in [1.82, 2.24) is 10.2 Å². The van der Waals surface area contributed by atoms with Crippen molar-refractivity contribution in [3.8, 4) is 5.75 Å². The standard InChI is InChI=1S/C25H33N3O2/c1-2-26-25(27-19-21-15-18-29-24(21)20-9-5-3-6-10-20)28-16-13-23(14-17-28)30-22-11-7-4-8-12-22/h3-12,21,23-24H,2,13-19H2,1H3,(H,26,27). The van der Waals surface area contributed by atoms with Crippen molar-refractivity contribution in [2.45, 2.75) is 38.4 Å².